The molecule has 1 N–H and O–H groups in total. The lowest BCUT2D eigenvalue weighted by Crippen LogP contribution is -2.46. The third-order valence-electron chi connectivity index (χ3n) is 3.06. The molecule has 1 aromatic heterocycles. The second-order valence-electron chi connectivity index (χ2n) is 4.51. The Bertz CT molecular complexity index is 388. The molecule has 0 fully saturated rings. The number of hydrogen-bond donors (Lipinski definition) is 1. The van der Waals surface area contributed by atoms with Crippen molar-refractivity contribution in [2.24, 2.45) is 5.41 Å². The number of carbonyl (C=O) groups excluding carboxylic acids is 1. The normalized spacial score (nSPS) is 15.1. The van der Waals surface area contributed by atoms with Crippen molar-refractivity contribution in [1.82, 2.24) is 9.97 Å². The molecular formula is C12H18N2O3. The summed E-state index contributed by atoms with van der Waals surface area (Å²) in [6, 6.07) is 0. The van der Waals surface area contributed by atoms with Crippen LogP contribution in [0.5, 0.6) is 0 Å². The second kappa shape index (κ2) is 4.79. The highest BCUT2D eigenvalue weighted by atomic mass is 16.5. The lowest BCUT2D eigenvalue weighted by Gasteiger charge is -2.36. The van der Waals surface area contributed by atoms with Crippen LogP contribution >= 0.6 is 0 Å². The fourth-order valence-corrected chi connectivity index (χ4v) is 1.38. The molecule has 0 aliphatic carbocycles. The second-order valence-corrected chi connectivity index (χ2v) is 4.51. The van der Waals surface area contributed by atoms with Crippen molar-refractivity contribution in [3.63, 3.8) is 0 Å². The highest BCUT2D eigenvalue weighted by Gasteiger charge is 2.48. The van der Waals surface area contributed by atoms with Crippen molar-refractivity contribution < 1.29 is 14.6 Å². The number of ether oxygens (including phenoxy) is 1. The SMILES string of the molecule is CCOC(=O)C(C)(C)C(C)(O)c1cnccn1. The lowest BCUT2D eigenvalue weighted by molar-refractivity contribution is -0.170. The first kappa shape index (κ1) is 13.6. The van der Waals surface area contributed by atoms with Crippen molar-refractivity contribution in [2.45, 2.75) is 33.3 Å². The monoisotopic (exact) mass is 238 g/mol. The molecule has 0 spiro atoms. The summed E-state index contributed by atoms with van der Waals surface area (Å²) in [7, 11) is 0. The molecule has 0 bridgehead atoms. The summed E-state index contributed by atoms with van der Waals surface area (Å²) in [5.41, 5.74) is -2.19. The summed E-state index contributed by atoms with van der Waals surface area (Å²) in [6.07, 6.45) is 4.43. The summed E-state index contributed by atoms with van der Waals surface area (Å²) in [4.78, 5) is 19.8. The van der Waals surface area contributed by atoms with Gasteiger partial charge in [-0.1, -0.05) is 0 Å². The van der Waals surface area contributed by atoms with E-state index < -0.39 is 17.0 Å². The van der Waals surface area contributed by atoms with Crippen LogP contribution in [0.2, 0.25) is 0 Å². The quantitative estimate of drug-likeness (QED) is 0.800. The molecule has 5 nitrogen and oxygen atoms in total. The van der Waals surface area contributed by atoms with E-state index in [1.807, 2.05) is 0 Å². The standard InChI is InChI=1S/C12H18N2O3/c1-5-17-10(15)11(2,3)12(4,16)9-8-13-6-7-14-9/h6-8,16H,5H2,1-4H3. The van der Waals surface area contributed by atoms with Gasteiger partial charge in [0, 0.05) is 12.4 Å². The highest BCUT2D eigenvalue weighted by Crippen LogP contribution is 2.39. The fraction of sp³-hybridized carbons (Fsp3) is 0.583. The largest absolute Gasteiger partial charge is 0.465 e. The highest BCUT2D eigenvalue weighted by molar-refractivity contribution is 5.77. The van der Waals surface area contributed by atoms with E-state index in [-0.39, 0.29) is 6.61 Å². The molecule has 0 aromatic carbocycles. The van der Waals surface area contributed by atoms with Gasteiger partial charge in [-0.05, 0) is 27.7 Å². The smallest absolute Gasteiger partial charge is 0.314 e. The molecule has 17 heavy (non-hydrogen) atoms. The van der Waals surface area contributed by atoms with Crippen molar-refractivity contribution in [2.75, 3.05) is 6.61 Å². The topological polar surface area (TPSA) is 72.3 Å². The molecule has 94 valence electrons. The molecule has 1 rings (SSSR count). The number of hydrogen-bond acceptors (Lipinski definition) is 5. The van der Waals surface area contributed by atoms with Gasteiger partial charge in [0.1, 0.15) is 5.60 Å². The predicted octanol–water partition coefficient (Wildman–Crippen LogP) is 1.27. The van der Waals surface area contributed by atoms with Gasteiger partial charge in [0.15, 0.2) is 0 Å². The van der Waals surface area contributed by atoms with Crippen LogP contribution in [0.25, 0.3) is 0 Å². The summed E-state index contributed by atoms with van der Waals surface area (Å²) >= 11 is 0. The first-order chi connectivity index (χ1) is 7.84. The maximum absolute atomic E-state index is 11.9. The van der Waals surface area contributed by atoms with Crippen LogP contribution in [0.15, 0.2) is 18.6 Å². The zero-order valence-electron chi connectivity index (χ0n) is 10.6. The van der Waals surface area contributed by atoms with Crippen molar-refractivity contribution in [3.8, 4) is 0 Å². The summed E-state index contributed by atoms with van der Waals surface area (Å²) < 4.78 is 4.97. The van der Waals surface area contributed by atoms with Gasteiger partial charge >= 0.3 is 5.97 Å². The van der Waals surface area contributed by atoms with Crippen LogP contribution in [0, 0.1) is 5.41 Å². The van der Waals surface area contributed by atoms with Crippen LogP contribution in [-0.2, 0) is 15.1 Å². The van der Waals surface area contributed by atoms with Gasteiger partial charge in [-0.25, -0.2) is 0 Å². The Balaban J connectivity index is 3.08. The van der Waals surface area contributed by atoms with E-state index in [1.165, 1.54) is 25.5 Å². The minimum absolute atomic E-state index is 0.277. The first-order valence-corrected chi connectivity index (χ1v) is 5.50. The lowest BCUT2D eigenvalue weighted by atomic mass is 9.74. The average Bonchev–Trinajstić information content (AvgIpc) is 2.30. The third-order valence-corrected chi connectivity index (χ3v) is 3.06. The molecule has 0 aliphatic heterocycles. The van der Waals surface area contributed by atoms with E-state index in [2.05, 4.69) is 9.97 Å². The van der Waals surface area contributed by atoms with Gasteiger partial charge in [-0.3, -0.25) is 14.8 Å². The Morgan fingerprint density at radius 3 is 2.53 bits per heavy atom. The zero-order valence-corrected chi connectivity index (χ0v) is 10.6. The Morgan fingerprint density at radius 1 is 1.41 bits per heavy atom. The predicted molar refractivity (Wildman–Crippen MR) is 62.0 cm³/mol. The number of nitrogens with zero attached hydrogens (tertiary/aromatic N) is 2. The van der Waals surface area contributed by atoms with Gasteiger partial charge in [0.05, 0.1) is 23.9 Å². The maximum Gasteiger partial charge on any atom is 0.314 e. The van der Waals surface area contributed by atoms with Gasteiger partial charge < -0.3 is 9.84 Å². The number of aliphatic hydroxyl groups is 1. The summed E-state index contributed by atoms with van der Waals surface area (Å²) in [6.45, 7) is 6.79. The van der Waals surface area contributed by atoms with Gasteiger partial charge in [0.2, 0.25) is 0 Å². The summed E-state index contributed by atoms with van der Waals surface area (Å²) in [5.74, 6) is -0.462. The zero-order chi connectivity index (χ0) is 13.1. The average molecular weight is 238 g/mol. The molecule has 0 saturated heterocycles. The van der Waals surface area contributed by atoms with Crippen LogP contribution in [-0.4, -0.2) is 27.7 Å². The van der Waals surface area contributed by atoms with Crippen LogP contribution in [0.1, 0.15) is 33.4 Å². The molecule has 1 unspecified atom stereocenters. The Labute approximate surface area is 101 Å². The molecule has 1 aromatic rings. The van der Waals surface area contributed by atoms with E-state index in [0.717, 1.165) is 0 Å². The van der Waals surface area contributed by atoms with Gasteiger partial charge in [0.25, 0.3) is 0 Å². The molecule has 0 radical (unpaired) electrons. The Morgan fingerprint density at radius 2 is 2.06 bits per heavy atom. The van der Waals surface area contributed by atoms with E-state index in [1.54, 1.807) is 20.8 Å². The Hall–Kier alpha value is -1.49. The van der Waals surface area contributed by atoms with Gasteiger partial charge in [-0.2, -0.15) is 0 Å². The maximum atomic E-state index is 11.9. The minimum Gasteiger partial charge on any atom is -0.465 e. The molecule has 1 heterocycles. The van der Waals surface area contributed by atoms with Gasteiger partial charge in [-0.15, -0.1) is 0 Å². The molecule has 0 aliphatic rings. The Kier molecular flexibility index (Phi) is 3.83. The molecule has 0 saturated carbocycles. The van der Waals surface area contributed by atoms with E-state index in [4.69, 9.17) is 4.74 Å². The third kappa shape index (κ3) is 2.44. The molecular weight excluding hydrogens is 220 g/mol. The fourth-order valence-electron chi connectivity index (χ4n) is 1.38. The number of rotatable bonds is 4. The van der Waals surface area contributed by atoms with Crippen molar-refractivity contribution in [1.29, 1.82) is 0 Å². The number of aromatic nitrogens is 2. The summed E-state index contributed by atoms with van der Waals surface area (Å²) in [5, 5.41) is 10.5. The molecule has 0 amide bonds. The van der Waals surface area contributed by atoms with E-state index in [9.17, 15) is 9.90 Å². The first-order valence-electron chi connectivity index (χ1n) is 5.50. The van der Waals surface area contributed by atoms with Crippen LogP contribution in [0.3, 0.4) is 0 Å². The number of carbonyl (C=O) groups is 1. The van der Waals surface area contributed by atoms with E-state index >= 15 is 0 Å². The minimum atomic E-state index is -1.44. The molecule has 1 atom stereocenters. The van der Waals surface area contributed by atoms with Crippen molar-refractivity contribution >= 4 is 5.97 Å². The van der Waals surface area contributed by atoms with Crippen LogP contribution in [0.4, 0.5) is 0 Å². The van der Waals surface area contributed by atoms with Crippen molar-refractivity contribution in [3.05, 3.63) is 24.3 Å². The number of esters is 1. The van der Waals surface area contributed by atoms with E-state index in [0.29, 0.717) is 5.69 Å². The molecule has 5 heteroatoms. The van der Waals surface area contributed by atoms with Crippen LogP contribution < -0.4 is 0 Å².